The van der Waals surface area contributed by atoms with Crippen molar-refractivity contribution in [3.8, 4) is 0 Å². The number of hydrogen-bond donors (Lipinski definition) is 7. The van der Waals surface area contributed by atoms with Gasteiger partial charge < -0.3 is 37.5 Å². The number of unbranched alkanes of at least 4 members (excludes halogenated alkanes) is 9. The number of amides is 8. The van der Waals surface area contributed by atoms with Crippen molar-refractivity contribution in [2.45, 2.75) is 77.0 Å². The van der Waals surface area contributed by atoms with Crippen molar-refractivity contribution in [3.05, 3.63) is 0 Å². The van der Waals surface area contributed by atoms with Crippen LogP contribution in [0.25, 0.3) is 0 Å². The van der Waals surface area contributed by atoms with E-state index in [-0.39, 0.29) is 12.1 Å². The van der Waals surface area contributed by atoms with E-state index in [9.17, 15) is 19.2 Å². The average molecular weight is 591 g/mol. The number of hydrogen-bond acceptors (Lipinski definition) is 7. The van der Waals surface area contributed by atoms with Gasteiger partial charge in [-0.15, -0.1) is 0 Å². The standard InChI is InChI=1S/C26H54N8O5S/c1-40-21-20-39-22-29-14-8-6-7-13-19-34(25(37)32-17-11-4-2-9-15-30-23(27)35)26(38)33-18-12-5-3-10-16-31-24(28)36/h29H,2-22H2,1H3,(H,32,37)(H,33,38)(H3,27,30,35)(H3,28,31,36). The van der Waals surface area contributed by atoms with Gasteiger partial charge in [0, 0.05) is 38.5 Å². The quantitative estimate of drug-likeness (QED) is 0.0594. The summed E-state index contributed by atoms with van der Waals surface area (Å²) < 4.78 is 5.47. The van der Waals surface area contributed by atoms with E-state index < -0.39 is 12.1 Å². The lowest BCUT2D eigenvalue weighted by molar-refractivity contribution is 0.131. The summed E-state index contributed by atoms with van der Waals surface area (Å²) in [5, 5.41) is 14.1. The summed E-state index contributed by atoms with van der Waals surface area (Å²) >= 11 is 1.76. The van der Waals surface area contributed by atoms with Crippen LogP contribution in [0.1, 0.15) is 77.0 Å². The Morgan fingerprint density at radius 3 is 1.50 bits per heavy atom. The highest BCUT2D eigenvalue weighted by atomic mass is 32.2. The molecule has 0 aliphatic carbocycles. The predicted molar refractivity (Wildman–Crippen MR) is 161 cm³/mol. The van der Waals surface area contributed by atoms with Crippen molar-refractivity contribution in [1.82, 2.24) is 31.5 Å². The highest BCUT2D eigenvalue weighted by Gasteiger charge is 2.20. The number of ether oxygens (including phenoxy) is 1. The summed E-state index contributed by atoms with van der Waals surface area (Å²) in [6, 6.07) is -1.80. The van der Waals surface area contributed by atoms with Gasteiger partial charge in [0.2, 0.25) is 0 Å². The maximum absolute atomic E-state index is 12.8. The van der Waals surface area contributed by atoms with Crippen LogP contribution < -0.4 is 38.1 Å². The van der Waals surface area contributed by atoms with Gasteiger partial charge in [-0.3, -0.25) is 5.32 Å². The SMILES string of the molecule is CSCCOCNCCCCCCN(C(=O)NCCCCCCNC(N)=O)C(=O)NCCCCCCNC(N)=O. The number of nitrogens with two attached hydrogens (primary N) is 2. The van der Waals surface area contributed by atoms with Crippen molar-refractivity contribution in [2.24, 2.45) is 11.5 Å². The minimum absolute atomic E-state index is 0.362. The van der Waals surface area contributed by atoms with E-state index >= 15 is 0 Å². The molecule has 0 aromatic carbocycles. The molecule has 0 bridgehead atoms. The molecule has 0 fully saturated rings. The summed E-state index contributed by atoms with van der Waals surface area (Å²) in [5.41, 5.74) is 10.1. The van der Waals surface area contributed by atoms with Crippen LogP contribution in [-0.4, -0.2) is 93.6 Å². The van der Waals surface area contributed by atoms with Gasteiger partial charge in [0.1, 0.15) is 0 Å². The van der Waals surface area contributed by atoms with Gasteiger partial charge in [0.15, 0.2) is 0 Å². The molecule has 14 heteroatoms. The Bertz CT molecular complexity index is 633. The number of carbonyl (C=O) groups is 4. The number of thioether (sulfide) groups is 1. The fourth-order valence-electron chi connectivity index (χ4n) is 3.74. The maximum atomic E-state index is 12.8. The molecule has 0 unspecified atom stereocenters. The summed E-state index contributed by atoms with van der Waals surface area (Å²) in [7, 11) is 0. The molecule has 0 radical (unpaired) electrons. The van der Waals surface area contributed by atoms with Gasteiger partial charge in [-0.2, -0.15) is 11.8 Å². The number of rotatable bonds is 26. The second-order valence-electron chi connectivity index (χ2n) is 9.49. The third kappa shape index (κ3) is 25.8. The zero-order chi connectivity index (χ0) is 29.7. The van der Waals surface area contributed by atoms with E-state index in [2.05, 4.69) is 32.8 Å². The van der Waals surface area contributed by atoms with E-state index in [1.54, 1.807) is 11.8 Å². The van der Waals surface area contributed by atoms with E-state index in [1.165, 1.54) is 4.90 Å². The fourth-order valence-corrected chi connectivity index (χ4v) is 4.02. The van der Waals surface area contributed by atoms with Gasteiger partial charge in [0.25, 0.3) is 0 Å². The number of nitrogens with one attached hydrogen (secondary N) is 5. The molecule has 0 heterocycles. The molecule has 234 valence electrons. The second-order valence-corrected chi connectivity index (χ2v) is 10.5. The molecule has 8 amide bonds. The first-order chi connectivity index (χ1) is 19.4. The first kappa shape index (κ1) is 37.6. The average Bonchev–Trinajstić information content (AvgIpc) is 2.91. The van der Waals surface area contributed by atoms with Gasteiger partial charge in [-0.25, -0.2) is 24.1 Å². The van der Waals surface area contributed by atoms with Crippen LogP contribution in [0.4, 0.5) is 19.2 Å². The highest BCUT2D eigenvalue weighted by molar-refractivity contribution is 7.98. The van der Waals surface area contributed by atoms with Crippen LogP contribution in [-0.2, 0) is 4.74 Å². The van der Waals surface area contributed by atoms with Crippen molar-refractivity contribution < 1.29 is 23.9 Å². The normalized spacial score (nSPS) is 10.6. The molecular weight excluding hydrogens is 536 g/mol. The first-order valence-electron chi connectivity index (χ1n) is 14.6. The predicted octanol–water partition coefficient (Wildman–Crippen LogP) is 2.65. The van der Waals surface area contributed by atoms with Gasteiger partial charge >= 0.3 is 24.1 Å². The molecule has 0 aromatic rings. The topological polar surface area (TPSA) is 193 Å². The van der Waals surface area contributed by atoms with Gasteiger partial charge in [-0.05, 0) is 51.3 Å². The number of imide groups is 1. The third-order valence-corrected chi connectivity index (χ3v) is 6.54. The zero-order valence-electron chi connectivity index (χ0n) is 24.4. The van der Waals surface area contributed by atoms with E-state index in [4.69, 9.17) is 16.2 Å². The van der Waals surface area contributed by atoms with E-state index in [1.807, 2.05) is 0 Å². The number of carbonyl (C=O) groups excluding carboxylic acids is 4. The molecule has 0 aliphatic heterocycles. The lowest BCUT2D eigenvalue weighted by Gasteiger charge is -2.22. The monoisotopic (exact) mass is 590 g/mol. The Morgan fingerprint density at radius 1 is 0.625 bits per heavy atom. The molecule has 0 aliphatic rings. The lowest BCUT2D eigenvalue weighted by Crippen LogP contribution is -2.49. The van der Waals surface area contributed by atoms with Crippen LogP contribution in [0.3, 0.4) is 0 Å². The molecule has 0 saturated heterocycles. The van der Waals surface area contributed by atoms with Crippen LogP contribution in [0, 0.1) is 0 Å². The van der Waals surface area contributed by atoms with Crippen LogP contribution >= 0.6 is 11.8 Å². The Kier molecular flexibility index (Phi) is 26.4. The molecule has 13 nitrogen and oxygen atoms in total. The summed E-state index contributed by atoms with van der Waals surface area (Å²) in [6.07, 6.45) is 12.6. The van der Waals surface area contributed by atoms with Crippen LogP contribution in [0.5, 0.6) is 0 Å². The van der Waals surface area contributed by atoms with E-state index in [0.29, 0.717) is 39.5 Å². The summed E-state index contributed by atoms with van der Waals surface area (Å²) in [4.78, 5) is 48.2. The second kappa shape index (κ2) is 28.1. The molecule has 0 spiro atoms. The Balaban J connectivity index is 4.29. The Hall–Kier alpha value is -2.45. The minimum Gasteiger partial charge on any atom is -0.365 e. The van der Waals surface area contributed by atoms with Gasteiger partial charge in [0.05, 0.1) is 13.3 Å². The lowest BCUT2D eigenvalue weighted by atomic mass is 10.2. The first-order valence-corrected chi connectivity index (χ1v) is 15.9. The highest BCUT2D eigenvalue weighted by Crippen LogP contribution is 2.05. The number of primary amides is 2. The molecule has 40 heavy (non-hydrogen) atoms. The zero-order valence-corrected chi connectivity index (χ0v) is 25.2. The van der Waals surface area contributed by atoms with Gasteiger partial charge in [-0.1, -0.05) is 38.5 Å². The van der Waals surface area contributed by atoms with Crippen molar-refractivity contribution >= 4 is 35.9 Å². The molecule has 0 aromatic heterocycles. The summed E-state index contributed by atoms with van der Waals surface area (Å²) in [6.45, 7) is 4.59. The number of nitrogens with zero attached hydrogens (tertiary/aromatic N) is 1. The van der Waals surface area contributed by atoms with Crippen molar-refractivity contribution in [2.75, 3.05) is 64.6 Å². The summed E-state index contributed by atoms with van der Waals surface area (Å²) in [5.74, 6) is 0.992. The molecule has 9 N–H and O–H groups in total. The fraction of sp³-hybridized carbons (Fsp3) is 0.846. The van der Waals surface area contributed by atoms with E-state index in [0.717, 1.165) is 96.0 Å². The van der Waals surface area contributed by atoms with Crippen LogP contribution in [0.2, 0.25) is 0 Å². The minimum atomic E-state index is -0.522. The maximum Gasteiger partial charge on any atom is 0.325 e. The molecular formula is C26H54N8O5S. The molecule has 0 atom stereocenters. The number of urea groups is 4. The Labute approximate surface area is 244 Å². The largest absolute Gasteiger partial charge is 0.365 e. The third-order valence-electron chi connectivity index (χ3n) is 5.97. The molecule has 0 saturated carbocycles. The van der Waals surface area contributed by atoms with Crippen LogP contribution in [0.15, 0.2) is 0 Å². The smallest absolute Gasteiger partial charge is 0.325 e. The Morgan fingerprint density at radius 2 is 1.05 bits per heavy atom. The van der Waals surface area contributed by atoms with Crippen molar-refractivity contribution in [1.29, 1.82) is 0 Å². The van der Waals surface area contributed by atoms with Crippen molar-refractivity contribution in [3.63, 3.8) is 0 Å². The molecule has 0 rings (SSSR count).